The molecule has 0 spiro atoms. The van der Waals surface area contributed by atoms with Gasteiger partial charge in [-0.2, -0.15) is 0 Å². The maximum Gasteiger partial charge on any atom is 0.0924 e. The molecule has 1 nitrogen and oxygen atoms in total. The van der Waals surface area contributed by atoms with Gasteiger partial charge in [-0.25, -0.2) is 0 Å². The van der Waals surface area contributed by atoms with E-state index in [2.05, 4.69) is 79.4 Å². The molecule has 0 aliphatic carbocycles. The number of benzene rings is 2. The number of nitrogens with zero attached hydrogens (tertiary/aromatic N) is 1. The molecule has 19 heavy (non-hydrogen) atoms. The quantitative estimate of drug-likeness (QED) is 0.750. The summed E-state index contributed by atoms with van der Waals surface area (Å²) >= 11 is 0. The van der Waals surface area contributed by atoms with Gasteiger partial charge in [-0.1, -0.05) is 74.5 Å². The summed E-state index contributed by atoms with van der Waals surface area (Å²) in [6.07, 6.45) is 0. The zero-order valence-electron chi connectivity index (χ0n) is 11.5. The first-order valence-electron chi connectivity index (χ1n) is 7.13. The minimum atomic E-state index is 0.143. The summed E-state index contributed by atoms with van der Waals surface area (Å²) in [6, 6.07) is 22.0. The number of hydrogen-bond acceptors (Lipinski definition) is 1. The van der Waals surface area contributed by atoms with E-state index in [1.165, 1.54) is 17.7 Å². The fraction of sp³-hybridized carbons (Fsp3) is 0.333. The molecule has 0 saturated carbocycles. The molecule has 2 atom stereocenters. The van der Waals surface area contributed by atoms with Gasteiger partial charge in [-0.3, -0.25) is 4.90 Å². The average Bonchev–Trinajstić information content (AvgIpc) is 3.30. The lowest BCUT2D eigenvalue weighted by molar-refractivity contribution is 0.444. The van der Waals surface area contributed by atoms with Crippen LogP contribution in [0.3, 0.4) is 0 Å². The second-order valence-corrected chi connectivity index (χ2v) is 6.11. The molecular weight excluding hydrogens is 230 g/mol. The molecule has 2 fully saturated rings. The van der Waals surface area contributed by atoms with Crippen LogP contribution in [0, 0.1) is 5.92 Å². The highest BCUT2D eigenvalue weighted by atomic mass is 15.6. The van der Waals surface area contributed by atoms with Gasteiger partial charge in [0.05, 0.1) is 11.1 Å². The first-order chi connectivity index (χ1) is 9.24. The van der Waals surface area contributed by atoms with Crippen molar-refractivity contribution in [2.75, 3.05) is 6.54 Å². The third-order valence-corrected chi connectivity index (χ3v) is 5.10. The summed E-state index contributed by atoms with van der Waals surface area (Å²) in [5, 5.41) is 0. The fourth-order valence-corrected chi connectivity index (χ4v) is 4.08. The monoisotopic (exact) mass is 249 g/mol. The van der Waals surface area contributed by atoms with Crippen LogP contribution in [0.25, 0.3) is 0 Å². The summed E-state index contributed by atoms with van der Waals surface area (Å²) in [4.78, 5) is 2.65. The van der Waals surface area contributed by atoms with Crippen molar-refractivity contribution in [3.8, 4) is 0 Å². The van der Waals surface area contributed by atoms with Crippen LogP contribution in [0.4, 0.5) is 0 Å². The van der Waals surface area contributed by atoms with Crippen molar-refractivity contribution >= 4 is 0 Å². The minimum Gasteiger partial charge on any atom is -0.276 e. The van der Waals surface area contributed by atoms with Crippen LogP contribution in [0.5, 0.6) is 0 Å². The van der Waals surface area contributed by atoms with Gasteiger partial charge in [-0.05, 0) is 17.0 Å². The topological polar surface area (TPSA) is 3.01 Å². The van der Waals surface area contributed by atoms with Crippen molar-refractivity contribution in [1.82, 2.24) is 4.90 Å². The van der Waals surface area contributed by atoms with Gasteiger partial charge in [-0.15, -0.1) is 0 Å². The molecule has 2 aliphatic rings. The first-order valence-corrected chi connectivity index (χ1v) is 7.13. The molecule has 1 heteroatoms. The van der Waals surface area contributed by atoms with Crippen LogP contribution in [0.15, 0.2) is 60.7 Å². The van der Waals surface area contributed by atoms with Crippen molar-refractivity contribution in [2.45, 2.75) is 24.9 Å². The summed E-state index contributed by atoms with van der Waals surface area (Å²) in [5.74, 6) is 0.688. The highest BCUT2D eigenvalue weighted by Gasteiger charge is 2.89. The Bertz CT molecular complexity index is 563. The highest BCUT2D eigenvalue weighted by Crippen LogP contribution is 2.76. The second kappa shape index (κ2) is 3.49. The second-order valence-electron chi connectivity index (χ2n) is 6.11. The van der Waals surface area contributed by atoms with Crippen molar-refractivity contribution in [1.29, 1.82) is 0 Å². The Balaban J connectivity index is 1.89. The molecule has 2 saturated heterocycles. The van der Waals surface area contributed by atoms with Gasteiger partial charge in [0.1, 0.15) is 0 Å². The molecule has 0 radical (unpaired) electrons. The Morgan fingerprint density at radius 1 is 0.842 bits per heavy atom. The lowest BCUT2D eigenvalue weighted by Crippen LogP contribution is -2.34. The Kier molecular flexibility index (Phi) is 2.06. The van der Waals surface area contributed by atoms with Crippen molar-refractivity contribution < 1.29 is 0 Å². The van der Waals surface area contributed by atoms with Crippen LogP contribution in [-0.2, 0) is 5.54 Å². The SMILES string of the molecule is CC(C)[C@@]12CN1C2(c1ccccc1)c1ccccc1. The van der Waals surface area contributed by atoms with Crippen LogP contribution in [-0.4, -0.2) is 17.0 Å². The van der Waals surface area contributed by atoms with Crippen LogP contribution >= 0.6 is 0 Å². The first kappa shape index (κ1) is 11.2. The maximum absolute atomic E-state index is 2.65. The molecule has 96 valence electrons. The third kappa shape index (κ3) is 1.15. The van der Waals surface area contributed by atoms with E-state index in [0.29, 0.717) is 11.5 Å². The van der Waals surface area contributed by atoms with Gasteiger partial charge in [0.15, 0.2) is 0 Å². The Labute approximate surface area is 114 Å². The Morgan fingerprint density at radius 3 is 1.63 bits per heavy atom. The van der Waals surface area contributed by atoms with Crippen LogP contribution < -0.4 is 0 Å². The molecule has 2 aliphatic heterocycles. The largest absolute Gasteiger partial charge is 0.276 e. The van der Waals surface area contributed by atoms with E-state index in [1.807, 2.05) is 0 Å². The van der Waals surface area contributed by atoms with Crippen LogP contribution in [0.1, 0.15) is 25.0 Å². The van der Waals surface area contributed by atoms with Gasteiger partial charge in [0, 0.05) is 6.54 Å². The summed E-state index contributed by atoms with van der Waals surface area (Å²) in [7, 11) is 0. The Hall–Kier alpha value is -1.60. The summed E-state index contributed by atoms with van der Waals surface area (Å²) in [6.45, 7) is 5.95. The lowest BCUT2D eigenvalue weighted by atomic mass is 9.75. The molecule has 2 aromatic rings. The van der Waals surface area contributed by atoms with E-state index in [1.54, 1.807) is 0 Å². The van der Waals surface area contributed by atoms with E-state index < -0.39 is 0 Å². The number of fused-ring (bicyclic) bond motifs is 1. The van der Waals surface area contributed by atoms with Gasteiger partial charge < -0.3 is 0 Å². The molecule has 4 rings (SSSR count). The van der Waals surface area contributed by atoms with Gasteiger partial charge >= 0.3 is 0 Å². The fourth-order valence-electron chi connectivity index (χ4n) is 4.08. The lowest BCUT2D eigenvalue weighted by Gasteiger charge is -2.28. The zero-order chi connectivity index (χ0) is 13.1. The maximum atomic E-state index is 2.65. The van der Waals surface area contributed by atoms with E-state index in [0.717, 1.165) is 0 Å². The number of hydrogen-bond donors (Lipinski definition) is 0. The smallest absolute Gasteiger partial charge is 0.0924 e. The minimum absolute atomic E-state index is 0.143. The Morgan fingerprint density at radius 2 is 1.32 bits per heavy atom. The normalized spacial score (nSPS) is 29.9. The summed E-state index contributed by atoms with van der Waals surface area (Å²) in [5.41, 5.74) is 3.40. The molecule has 2 aromatic carbocycles. The van der Waals surface area contributed by atoms with Crippen molar-refractivity contribution in [3.05, 3.63) is 71.8 Å². The van der Waals surface area contributed by atoms with Gasteiger partial charge in [0.2, 0.25) is 0 Å². The molecule has 0 aromatic heterocycles. The third-order valence-electron chi connectivity index (χ3n) is 5.10. The molecule has 2 heterocycles. The van der Waals surface area contributed by atoms with E-state index in [-0.39, 0.29) is 5.54 Å². The highest BCUT2D eigenvalue weighted by molar-refractivity contribution is 5.60. The van der Waals surface area contributed by atoms with Crippen LogP contribution in [0.2, 0.25) is 0 Å². The van der Waals surface area contributed by atoms with E-state index >= 15 is 0 Å². The molecule has 1 unspecified atom stereocenters. The average molecular weight is 249 g/mol. The van der Waals surface area contributed by atoms with E-state index in [9.17, 15) is 0 Å². The van der Waals surface area contributed by atoms with Gasteiger partial charge in [0.25, 0.3) is 0 Å². The molecular formula is C18H19N. The van der Waals surface area contributed by atoms with Crippen molar-refractivity contribution in [3.63, 3.8) is 0 Å². The predicted octanol–water partition coefficient (Wildman–Crippen LogP) is 3.65. The van der Waals surface area contributed by atoms with Crippen molar-refractivity contribution in [2.24, 2.45) is 5.92 Å². The van der Waals surface area contributed by atoms with E-state index in [4.69, 9.17) is 0 Å². The molecule has 0 N–H and O–H groups in total. The molecule has 0 bridgehead atoms. The molecule has 0 amide bonds. The zero-order valence-corrected chi connectivity index (χ0v) is 11.5. The predicted molar refractivity (Wildman–Crippen MR) is 77.9 cm³/mol. The summed E-state index contributed by atoms with van der Waals surface area (Å²) < 4.78 is 0. The standard InChI is InChI=1S/C18H19N/c1-14(2)17-13-19(17)18(17,15-9-5-3-6-10-15)16-11-7-4-8-12-16/h3-12,14H,13H2,1-2H3/t17-,19?/m1/s1. The number of rotatable bonds is 3.